The molecule has 0 unspecified atom stereocenters. The first-order valence-corrected chi connectivity index (χ1v) is 10.8. The third-order valence-electron chi connectivity index (χ3n) is 6.42. The fourth-order valence-corrected chi connectivity index (χ4v) is 4.63. The molecule has 2 fully saturated rings. The van der Waals surface area contributed by atoms with Crippen LogP contribution in [0.5, 0.6) is 0 Å². The van der Waals surface area contributed by atoms with Crippen LogP contribution in [0.2, 0.25) is 0 Å². The number of amides is 1. The van der Waals surface area contributed by atoms with Crippen LogP contribution in [0.25, 0.3) is 0 Å². The van der Waals surface area contributed by atoms with Crippen molar-refractivity contribution in [3.05, 3.63) is 34.4 Å². The Labute approximate surface area is 168 Å². The zero-order chi connectivity index (χ0) is 19.7. The number of morpholine rings is 1. The van der Waals surface area contributed by atoms with E-state index in [9.17, 15) is 4.79 Å². The van der Waals surface area contributed by atoms with Gasteiger partial charge in [-0.15, -0.1) is 0 Å². The fourth-order valence-electron chi connectivity index (χ4n) is 4.63. The number of carbonyl (C=O) groups is 1. The summed E-state index contributed by atoms with van der Waals surface area (Å²) < 4.78 is 11.2. The van der Waals surface area contributed by atoms with Crippen LogP contribution in [-0.2, 0) is 32.6 Å². The molecule has 0 radical (unpaired) electrons. The van der Waals surface area contributed by atoms with Gasteiger partial charge in [0.1, 0.15) is 0 Å². The van der Waals surface area contributed by atoms with E-state index in [-0.39, 0.29) is 17.4 Å². The lowest BCUT2D eigenvalue weighted by Crippen LogP contribution is -2.42. The Hall–Kier alpha value is -1.43. The molecule has 3 heterocycles. The maximum absolute atomic E-state index is 13.1. The molecule has 5 heteroatoms. The summed E-state index contributed by atoms with van der Waals surface area (Å²) in [5.74, 6) is 0.449. The van der Waals surface area contributed by atoms with Gasteiger partial charge in [0.2, 0.25) is 5.91 Å². The lowest BCUT2D eigenvalue weighted by molar-refractivity contribution is -0.139. The topological polar surface area (TPSA) is 50.8 Å². The molecule has 5 nitrogen and oxygen atoms in total. The van der Waals surface area contributed by atoms with E-state index in [0.29, 0.717) is 19.1 Å². The van der Waals surface area contributed by atoms with Crippen LogP contribution in [0.15, 0.2) is 12.1 Å². The monoisotopic (exact) mass is 386 g/mol. The van der Waals surface area contributed by atoms with E-state index in [4.69, 9.17) is 9.47 Å². The van der Waals surface area contributed by atoms with Crippen molar-refractivity contribution in [2.45, 2.75) is 58.0 Å². The van der Waals surface area contributed by atoms with E-state index < -0.39 is 0 Å². The summed E-state index contributed by atoms with van der Waals surface area (Å²) in [6, 6.07) is 4.97. The molecule has 1 atom stereocenters. The molecule has 0 aliphatic carbocycles. The normalized spacial score (nSPS) is 24.1. The molecule has 0 bridgehead atoms. The first kappa shape index (κ1) is 19.9. The molecule has 3 aliphatic rings. The standard InChI is InChI=1S/C23H34N2O3/c1-23(2,3)18-12-17-14-25(22(26)16-5-9-27-10-6-16)8-4-19(17)20(13-18)21-15-28-11-7-24-21/h12-13,16,21,24H,4-11,14-15H2,1-3H3/t21-/m1/s1. The van der Waals surface area contributed by atoms with Crippen LogP contribution in [0.1, 0.15) is 61.9 Å². The number of hydrogen-bond acceptors (Lipinski definition) is 4. The smallest absolute Gasteiger partial charge is 0.226 e. The van der Waals surface area contributed by atoms with Crippen LogP contribution in [-0.4, -0.2) is 50.3 Å². The van der Waals surface area contributed by atoms with Gasteiger partial charge in [0, 0.05) is 38.8 Å². The van der Waals surface area contributed by atoms with Gasteiger partial charge in [0.15, 0.2) is 0 Å². The molecule has 0 spiro atoms. The van der Waals surface area contributed by atoms with Crippen molar-refractivity contribution in [1.29, 1.82) is 0 Å². The largest absolute Gasteiger partial charge is 0.381 e. The van der Waals surface area contributed by atoms with Crippen molar-refractivity contribution >= 4 is 5.91 Å². The van der Waals surface area contributed by atoms with Gasteiger partial charge in [-0.1, -0.05) is 32.9 Å². The predicted octanol–water partition coefficient (Wildman–Crippen LogP) is 2.96. The highest BCUT2D eigenvalue weighted by Gasteiger charge is 2.32. The van der Waals surface area contributed by atoms with Gasteiger partial charge in [0.25, 0.3) is 0 Å². The zero-order valence-corrected chi connectivity index (χ0v) is 17.6. The van der Waals surface area contributed by atoms with Crippen molar-refractivity contribution in [2.75, 3.05) is 39.5 Å². The quantitative estimate of drug-likeness (QED) is 0.849. The lowest BCUT2D eigenvalue weighted by atomic mass is 9.80. The SMILES string of the molecule is CC(C)(C)c1cc2c(c([C@H]3COCCN3)c1)CCN(C(=O)C1CCOCC1)C2. The number of fused-ring (bicyclic) bond motifs is 1. The van der Waals surface area contributed by atoms with Crippen molar-refractivity contribution in [2.24, 2.45) is 5.92 Å². The number of ether oxygens (including phenoxy) is 2. The molecule has 28 heavy (non-hydrogen) atoms. The number of nitrogens with zero attached hydrogens (tertiary/aromatic N) is 1. The minimum absolute atomic E-state index is 0.0757. The average molecular weight is 387 g/mol. The van der Waals surface area contributed by atoms with Gasteiger partial charge in [-0.25, -0.2) is 0 Å². The second-order valence-corrected chi connectivity index (χ2v) is 9.43. The lowest BCUT2D eigenvalue weighted by Gasteiger charge is -2.37. The molecule has 2 saturated heterocycles. The van der Waals surface area contributed by atoms with E-state index >= 15 is 0 Å². The van der Waals surface area contributed by atoms with Gasteiger partial charge in [-0.05, 0) is 46.9 Å². The second-order valence-electron chi connectivity index (χ2n) is 9.43. The minimum atomic E-state index is 0.0757. The molecule has 1 aromatic carbocycles. The summed E-state index contributed by atoms with van der Waals surface area (Å²) in [5, 5.41) is 3.63. The second kappa shape index (κ2) is 8.13. The van der Waals surface area contributed by atoms with E-state index in [0.717, 1.165) is 52.1 Å². The van der Waals surface area contributed by atoms with Gasteiger partial charge in [-0.2, -0.15) is 0 Å². The van der Waals surface area contributed by atoms with E-state index in [1.54, 1.807) is 0 Å². The molecule has 0 aromatic heterocycles. The Kier molecular flexibility index (Phi) is 5.77. The van der Waals surface area contributed by atoms with Crippen LogP contribution in [0.3, 0.4) is 0 Å². The number of nitrogens with one attached hydrogen (secondary N) is 1. The molecule has 154 valence electrons. The van der Waals surface area contributed by atoms with Crippen LogP contribution < -0.4 is 5.32 Å². The molecule has 1 N–H and O–H groups in total. The molecular formula is C23H34N2O3. The van der Waals surface area contributed by atoms with Crippen molar-refractivity contribution in [3.8, 4) is 0 Å². The Morgan fingerprint density at radius 1 is 1.14 bits per heavy atom. The molecule has 1 amide bonds. The number of hydrogen-bond donors (Lipinski definition) is 1. The van der Waals surface area contributed by atoms with Crippen molar-refractivity contribution in [1.82, 2.24) is 10.2 Å². The van der Waals surface area contributed by atoms with Crippen LogP contribution in [0, 0.1) is 5.92 Å². The third-order valence-corrected chi connectivity index (χ3v) is 6.42. The Morgan fingerprint density at radius 3 is 2.61 bits per heavy atom. The van der Waals surface area contributed by atoms with E-state index in [1.807, 2.05) is 0 Å². The summed E-state index contributed by atoms with van der Waals surface area (Å²) in [6.45, 7) is 12.2. The molecule has 1 aromatic rings. The maximum atomic E-state index is 13.1. The highest BCUT2D eigenvalue weighted by atomic mass is 16.5. The van der Waals surface area contributed by atoms with Crippen molar-refractivity contribution in [3.63, 3.8) is 0 Å². The zero-order valence-electron chi connectivity index (χ0n) is 17.6. The Morgan fingerprint density at radius 2 is 1.93 bits per heavy atom. The van der Waals surface area contributed by atoms with Gasteiger partial charge < -0.3 is 19.7 Å². The highest BCUT2D eigenvalue weighted by molar-refractivity contribution is 5.79. The van der Waals surface area contributed by atoms with E-state index in [2.05, 4.69) is 43.1 Å². The van der Waals surface area contributed by atoms with Crippen LogP contribution >= 0.6 is 0 Å². The summed E-state index contributed by atoms with van der Waals surface area (Å²) in [6.07, 6.45) is 2.65. The number of rotatable bonds is 2. The third kappa shape index (κ3) is 4.12. The molecule has 0 saturated carbocycles. The molecule has 4 rings (SSSR count). The molecular weight excluding hydrogens is 352 g/mol. The Bertz CT molecular complexity index is 713. The first-order chi connectivity index (χ1) is 13.4. The minimum Gasteiger partial charge on any atom is -0.381 e. The number of carbonyl (C=O) groups excluding carboxylic acids is 1. The first-order valence-electron chi connectivity index (χ1n) is 10.8. The summed E-state index contributed by atoms with van der Waals surface area (Å²) >= 11 is 0. The van der Waals surface area contributed by atoms with E-state index in [1.165, 1.54) is 22.3 Å². The fraction of sp³-hybridized carbons (Fsp3) is 0.696. The summed E-state index contributed by atoms with van der Waals surface area (Å²) in [5.41, 5.74) is 5.54. The van der Waals surface area contributed by atoms with Gasteiger partial charge in [0.05, 0.1) is 19.3 Å². The average Bonchev–Trinajstić information content (AvgIpc) is 2.72. The van der Waals surface area contributed by atoms with Gasteiger partial charge >= 0.3 is 0 Å². The van der Waals surface area contributed by atoms with Gasteiger partial charge in [-0.3, -0.25) is 4.79 Å². The summed E-state index contributed by atoms with van der Waals surface area (Å²) in [4.78, 5) is 15.2. The van der Waals surface area contributed by atoms with Crippen LogP contribution in [0.4, 0.5) is 0 Å². The predicted molar refractivity (Wildman–Crippen MR) is 109 cm³/mol. The van der Waals surface area contributed by atoms with Crippen molar-refractivity contribution < 1.29 is 14.3 Å². The molecule has 3 aliphatic heterocycles. The number of benzene rings is 1. The maximum Gasteiger partial charge on any atom is 0.226 e. The Balaban J connectivity index is 1.63. The summed E-state index contributed by atoms with van der Waals surface area (Å²) in [7, 11) is 0. The highest BCUT2D eigenvalue weighted by Crippen LogP contribution is 2.34.